The molecule has 3 aromatic rings. The van der Waals surface area contributed by atoms with Crippen LogP contribution in [0.25, 0.3) is 0 Å². The molecule has 33 heavy (non-hydrogen) atoms. The van der Waals surface area contributed by atoms with Crippen LogP contribution in [0.5, 0.6) is 5.75 Å². The number of nitro groups is 1. The maximum Gasteiger partial charge on any atom is 0.282 e. The summed E-state index contributed by atoms with van der Waals surface area (Å²) in [5.41, 5.74) is 0.289. The molecule has 10 nitrogen and oxygen atoms in total. The van der Waals surface area contributed by atoms with Gasteiger partial charge in [-0.1, -0.05) is 12.1 Å². The fourth-order valence-corrected chi connectivity index (χ4v) is 4.02. The van der Waals surface area contributed by atoms with E-state index in [9.17, 15) is 23.3 Å². The highest BCUT2D eigenvalue weighted by molar-refractivity contribution is 7.92. The van der Waals surface area contributed by atoms with Gasteiger partial charge in [0, 0.05) is 17.4 Å². The maximum atomic E-state index is 12.6. The molecule has 0 atom stereocenters. The van der Waals surface area contributed by atoms with Crippen molar-refractivity contribution in [1.29, 1.82) is 0 Å². The van der Waals surface area contributed by atoms with E-state index in [1.165, 1.54) is 55.6 Å². The molecule has 170 valence electrons. The second-order valence-electron chi connectivity index (χ2n) is 6.54. The van der Waals surface area contributed by atoms with E-state index in [-0.39, 0.29) is 21.3 Å². The standard InChI is InChI=1S/C21H18N4O6S2/c1-31-16-10-6-15(7-11-16)24-33(29,30)17-12-8-14(9-13-17)22-21(32)23-20(26)18-4-2-3-5-19(18)25(27)28/h2-13,24H,1H3,(H2,22,23,26,32). The van der Waals surface area contributed by atoms with Gasteiger partial charge in [0.2, 0.25) is 0 Å². The number of anilines is 2. The van der Waals surface area contributed by atoms with Crippen molar-refractivity contribution in [2.24, 2.45) is 0 Å². The molecule has 3 N–H and O–H groups in total. The van der Waals surface area contributed by atoms with E-state index in [4.69, 9.17) is 17.0 Å². The summed E-state index contributed by atoms with van der Waals surface area (Å²) in [6.07, 6.45) is 0. The Balaban J connectivity index is 1.64. The Morgan fingerprint density at radius 2 is 1.58 bits per heavy atom. The number of benzene rings is 3. The number of carbonyl (C=O) groups is 1. The number of para-hydroxylation sites is 1. The number of sulfonamides is 1. The first-order valence-corrected chi connectivity index (χ1v) is 11.2. The van der Waals surface area contributed by atoms with E-state index in [0.29, 0.717) is 17.1 Å². The lowest BCUT2D eigenvalue weighted by molar-refractivity contribution is -0.385. The molecule has 0 fully saturated rings. The average Bonchev–Trinajstić information content (AvgIpc) is 2.79. The minimum Gasteiger partial charge on any atom is -0.497 e. The van der Waals surface area contributed by atoms with Gasteiger partial charge in [-0.25, -0.2) is 8.42 Å². The SMILES string of the molecule is COc1ccc(NS(=O)(=O)c2ccc(NC(=S)NC(=O)c3ccccc3[N+](=O)[O-])cc2)cc1. The summed E-state index contributed by atoms with van der Waals surface area (Å²) in [6.45, 7) is 0. The molecule has 0 radical (unpaired) electrons. The van der Waals surface area contributed by atoms with Crippen LogP contribution in [-0.2, 0) is 10.0 Å². The Morgan fingerprint density at radius 3 is 2.18 bits per heavy atom. The number of hydrogen-bond donors (Lipinski definition) is 3. The molecule has 0 heterocycles. The quantitative estimate of drug-likeness (QED) is 0.262. The lowest BCUT2D eigenvalue weighted by atomic mass is 10.1. The minimum atomic E-state index is -3.83. The van der Waals surface area contributed by atoms with Crippen LogP contribution >= 0.6 is 12.2 Å². The third kappa shape index (κ3) is 6.02. The number of amides is 1. The molecule has 0 aliphatic carbocycles. The number of nitrogens with zero attached hydrogens (tertiary/aromatic N) is 1. The van der Waals surface area contributed by atoms with E-state index in [1.54, 1.807) is 24.3 Å². The van der Waals surface area contributed by atoms with E-state index in [0.717, 1.165) is 0 Å². The van der Waals surface area contributed by atoms with Crippen molar-refractivity contribution < 1.29 is 22.9 Å². The Kier molecular flexibility index (Phi) is 7.20. The lowest BCUT2D eigenvalue weighted by Gasteiger charge is -2.11. The van der Waals surface area contributed by atoms with Gasteiger partial charge in [0.25, 0.3) is 21.6 Å². The number of rotatable bonds is 7. The molecule has 0 saturated carbocycles. The first-order chi connectivity index (χ1) is 15.7. The van der Waals surface area contributed by atoms with E-state index in [2.05, 4.69) is 15.4 Å². The first kappa shape index (κ1) is 23.6. The summed E-state index contributed by atoms with van der Waals surface area (Å²) in [7, 11) is -2.32. The molecule has 1 amide bonds. The number of ether oxygens (including phenoxy) is 1. The van der Waals surface area contributed by atoms with Crippen LogP contribution in [0.4, 0.5) is 17.1 Å². The summed E-state index contributed by atoms with van der Waals surface area (Å²) in [4.78, 5) is 22.8. The summed E-state index contributed by atoms with van der Waals surface area (Å²) in [5.74, 6) is -0.152. The molecule has 12 heteroatoms. The van der Waals surface area contributed by atoms with Gasteiger partial charge in [0.15, 0.2) is 5.11 Å². The summed E-state index contributed by atoms with van der Waals surface area (Å²) in [5, 5.41) is 16.1. The fourth-order valence-electron chi connectivity index (χ4n) is 2.75. The predicted molar refractivity (Wildman–Crippen MR) is 127 cm³/mol. The number of thiocarbonyl (C=S) groups is 1. The fraction of sp³-hybridized carbons (Fsp3) is 0.0476. The van der Waals surface area contributed by atoms with Crippen LogP contribution in [0.15, 0.2) is 77.7 Å². The van der Waals surface area contributed by atoms with Gasteiger partial charge in [-0.2, -0.15) is 0 Å². The van der Waals surface area contributed by atoms with Crippen molar-refractivity contribution in [3.8, 4) is 5.75 Å². The van der Waals surface area contributed by atoms with Crippen molar-refractivity contribution in [3.05, 3.63) is 88.5 Å². The minimum absolute atomic E-state index is 0.0127. The number of nitrogens with one attached hydrogen (secondary N) is 3. The van der Waals surface area contributed by atoms with Crippen LogP contribution in [0.1, 0.15) is 10.4 Å². The van der Waals surface area contributed by atoms with Gasteiger partial charge in [0.05, 0.1) is 16.9 Å². The van der Waals surface area contributed by atoms with Crippen molar-refractivity contribution in [1.82, 2.24) is 5.32 Å². The zero-order valence-corrected chi connectivity index (χ0v) is 18.8. The predicted octanol–water partition coefficient (Wildman–Crippen LogP) is 3.53. The molecule has 3 aromatic carbocycles. The topological polar surface area (TPSA) is 140 Å². The number of hydrogen-bond acceptors (Lipinski definition) is 7. The van der Waals surface area contributed by atoms with Crippen LogP contribution in [0, 0.1) is 10.1 Å². The average molecular weight is 487 g/mol. The largest absolute Gasteiger partial charge is 0.497 e. The number of methoxy groups -OCH3 is 1. The van der Waals surface area contributed by atoms with Crippen LogP contribution in [0.2, 0.25) is 0 Å². The molecule has 3 rings (SSSR count). The van der Waals surface area contributed by atoms with Gasteiger partial charge < -0.3 is 10.1 Å². The van der Waals surface area contributed by atoms with Gasteiger partial charge in [-0.05, 0) is 66.8 Å². The van der Waals surface area contributed by atoms with E-state index < -0.39 is 20.9 Å². The molecule has 0 saturated heterocycles. The summed E-state index contributed by atoms with van der Waals surface area (Å²) < 4.78 is 32.7. The van der Waals surface area contributed by atoms with Crippen molar-refractivity contribution in [2.75, 3.05) is 17.1 Å². The van der Waals surface area contributed by atoms with Gasteiger partial charge in [-0.3, -0.25) is 24.9 Å². The zero-order valence-electron chi connectivity index (χ0n) is 17.1. The van der Waals surface area contributed by atoms with Gasteiger partial charge >= 0.3 is 0 Å². The van der Waals surface area contributed by atoms with E-state index >= 15 is 0 Å². The molecule has 0 aromatic heterocycles. The van der Waals surface area contributed by atoms with Crippen molar-refractivity contribution in [2.45, 2.75) is 4.90 Å². The van der Waals surface area contributed by atoms with Crippen molar-refractivity contribution in [3.63, 3.8) is 0 Å². The summed E-state index contributed by atoms with van der Waals surface area (Å²) in [6, 6.07) is 17.5. The monoisotopic (exact) mass is 486 g/mol. The molecule has 0 aliphatic heterocycles. The third-order valence-corrected chi connectivity index (χ3v) is 5.94. The van der Waals surface area contributed by atoms with Crippen molar-refractivity contribution >= 4 is 50.3 Å². The molecule has 0 spiro atoms. The van der Waals surface area contributed by atoms with Crippen LogP contribution < -0.4 is 20.1 Å². The maximum absolute atomic E-state index is 12.6. The van der Waals surface area contributed by atoms with Crippen LogP contribution in [-0.4, -0.2) is 31.5 Å². The molecule has 0 bridgehead atoms. The Labute approximate surface area is 194 Å². The van der Waals surface area contributed by atoms with E-state index in [1.807, 2.05) is 0 Å². The molecular weight excluding hydrogens is 468 g/mol. The molecule has 0 aliphatic rings. The highest BCUT2D eigenvalue weighted by Gasteiger charge is 2.20. The van der Waals surface area contributed by atoms with Gasteiger partial charge in [-0.15, -0.1) is 0 Å². The Bertz CT molecular complexity index is 1290. The molecular formula is C21H18N4O6S2. The second kappa shape index (κ2) is 10.1. The Hall–Kier alpha value is -4.03. The third-order valence-electron chi connectivity index (χ3n) is 4.34. The van der Waals surface area contributed by atoms with Gasteiger partial charge in [0.1, 0.15) is 11.3 Å². The zero-order chi connectivity index (χ0) is 24.0. The number of nitro benzene ring substituents is 1. The first-order valence-electron chi connectivity index (χ1n) is 9.32. The lowest BCUT2D eigenvalue weighted by Crippen LogP contribution is -2.34. The summed E-state index contributed by atoms with van der Waals surface area (Å²) >= 11 is 5.08. The number of carbonyl (C=O) groups excluding carboxylic acids is 1. The smallest absolute Gasteiger partial charge is 0.282 e. The second-order valence-corrected chi connectivity index (χ2v) is 8.63. The van der Waals surface area contributed by atoms with Crippen LogP contribution in [0.3, 0.4) is 0 Å². The highest BCUT2D eigenvalue weighted by Crippen LogP contribution is 2.21. The molecule has 0 unspecified atom stereocenters. The normalized spacial score (nSPS) is 10.7. The Morgan fingerprint density at radius 1 is 0.970 bits per heavy atom. The highest BCUT2D eigenvalue weighted by atomic mass is 32.2.